The van der Waals surface area contributed by atoms with Crippen molar-refractivity contribution in [1.29, 1.82) is 0 Å². The maximum Gasteiger partial charge on any atom is 0.433 e. The van der Waals surface area contributed by atoms with Gasteiger partial charge in [0.25, 0.3) is 0 Å². The van der Waals surface area contributed by atoms with E-state index in [0.717, 1.165) is 18.3 Å². The Kier molecular flexibility index (Phi) is 6.18. The molecule has 0 N–H and O–H groups in total. The van der Waals surface area contributed by atoms with Gasteiger partial charge in [-0.2, -0.15) is 18.2 Å². The molecule has 0 radical (unpaired) electrons. The number of alkyl halides is 3. The maximum absolute atomic E-state index is 12.9. The van der Waals surface area contributed by atoms with E-state index in [9.17, 15) is 28.1 Å². The van der Waals surface area contributed by atoms with Gasteiger partial charge in [0.15, 0.2) is 0 Å². The molecular formula is C16H19F3N6O5. The van der Waals surface area contributed by atoms with Gasteiger partial charge >= 0.3 is 23.7 Å². The van der Waals surface area contributed by atoms with Gasteiger partial charge in [-0.15, -0.1) is 5.10 Å². The summed E-state index contributed by atoms with van der Waals surface area (Å²) in [4.78, 5) is 31.3. The molecule has 0 spiro atoms. The average Bonchev–Trinajstić information content (AvgIpc) is 2.93. The molecule has 14 heteroatoms. The number of esters is 1. The number of hydrogen-bond acceptors (Lipinski definition) is 9. The molecule has 11 nitrogen and oxygen atoms in total. The Morgan fingerprint density at radius 3 is 2.43 bits per heavy atom. The molecule has 2 heterocycles. The minimum absolute atomic E-state index is 0.289. The van der Waals surface area contributed by atoms with E-state index in [1.165, 1.54) is 7.05 Å². The Bertz CT molecular complexity index is 954. The maximum atomic E-state index is 12.9. The molecule has 2 aromatic heterocycles. The number of nitro groups is 1. The van der Waals surface area contributed by atoms with Gasteiger partial charge in [-0.1, -0.05) is 0 Å². The van der Waals surface area contributed by atoms with Crippen LogP contribution in [0.25, 0.3) is 0 Å². The van der Waals surface area contributed by atoms with E-state index in [-0.39, 0.29) is 12.4 Å². The van der Waals surface area contributed by atoms with Gasteiger partial charge in [0.05, 0.1) is 4.92 Å². The van der Waals surface area contributed by atoms with Crippen molar-refractivity contribution in [3.63, 3.8) is 0 Å². The minimum Gasteiger partial charge on any atom is -0.459 e. The molecule has 0 aliphatic heterocycles. The van der Waals surface area contributed by atoms with Crippen molar-refractivity contribution in [3.05, 3.63) is 28.2 Å². The summed E-state index contributed by atoms with van der Waals surface area (Å²) >= 11 is 0. The van der Waals surface area contributed by atoms with E-state index in [1.54, 1.807) is 20.8 Å². The molecule has 0 aromatic carbocycles. The zero-order valence-electron chi connectivity index (χ0n) is 16.7. The first-order valence-electron chi connectivity index (χ1n) is 8.40. The first-order valence-corrected chi connectivity index (χ1v) is 8.40. The van der Waals surface area contributed by atoms with E-state index in [4.69, 9.17) is 9.47 Å². The lowest BCUT2D eigenvalue weighted by molar-refractivity contribution is -0.385. The van der Waals surface area contributed by atoms with Crippen LogP contribution in [0.5, 0.6) is 11.8 Å². The first-order chi connectivity index (χ1) is 13.7. The van der Waals surface area contributed by atoms with Crippen LogP contribution in [-0.4, -0.2) is 49.8 Å². The molecule has 30 heavy (non-hydrogen) atoms. The van der Waals surface area contributed by atoms with E-state index in [1.807, 2.05) is 0 Å². The zero-order chi connectivity index (χ0) is 22.9. The van der Waals surface area contributed by atoms with Crippen LogP contribution in [0.4, 0.5) is 24.7 Å². The number of nitrogens with zero attached hydrogens (tertiary/aromatic N) is 6. The number of halogens is 3. The van der Waals surface area contributed by atoms with E-state index >= 15 is 0 Å². The predicted octanol–water partition coefficient (Wildman–Crippen LogP) is 2.71. The second kappa shape index (κ2) is 8.12. The van der Waals surface area contributed by atoms with Gasteiger partial charge in [0, 0.05) is 20.2 Å². The van der Waals surface area contributed by atoms with Crippen molar-refractivity contribution < 1.29 is 32.4 Å². The standard InChI is InChI=1S/C16H19F3N6O5/c1-15(2,3)30-11(26)7-23(4)13-12(25(27)28)14(21-8-20-13)29-10-6-9(16(17,18)19)24(5)22-10/h6,8H,7H2,1-5H3. The lowest BCUT2D eigenvalue weighted by atomic mass is 10.2. The van der Waals surface area contributed by atoms with E-state index < -0.39 is 45.8 Å². The molecular weight excluding hydrogens is 413 g/mol. The van der Waals surface area contributed by atoms with Crippen LogP contribution in [-0.2, 0) is 22.8 Å². The summed E-state index contributed by atoms with van der Waals surface area (Å²) in [5.74, 6) is -2.14. The minimum atomic E-state index is -4.69. The molecule has 0 saturated carbocycles. The van der Waals surface area contributed by atoms with Gasteiger partial charge in [-0.05, 0) is 20.8 Å². The summed E-state index contributed by atoms with van der Waals surface area (Å²) in [6.45, 7) is 4.60. The van der Waals surface area contributed by atoms with Crippen molar-refractivity contribution in [2.24, 2.45) is 7.05 Å². The molecule has 0 atom stereocenters. The van der Waals surface area contributed by atoms with Crippen LogP contribution < -0.4 is 9.64 Å². The third kappa shape index (κ3) is 5.55. The number of aryl methyl sites for hydroxylation is 1. The SMILES string of the molecule is CN(CC(=O)OC(C)(C)C)c1ncnc(Oc2cc(C(F)(F)F)n(C)n2)c1[N+](=O)[O-]. The van der Waals surface area contributed by atoms with Gasteiger partial charge in [-0.3, -0.25) is 19.6 Å². The highest BCUT2D eigenvalue weighted by atomic mass is 19.4. The number of aromatic nitrogens is 4. The van der Waals surface area contributed by atoms with Crippen LogP contribution in [0.3, 0.4) is 0 Å². The molecule has 2 aromatic rings. The second-order valence-corrected chi connectivity index (χ2v) is 7.14. The Morgan fingerprint density at radius 2 is 1.93 bits per heavy atom. The van der Waals surface area contributed by atoms with Gasteiger partial charge in [0.2, 0.25) is 11.7 Å². The molecule has 0 fully saturated rings. The van der Waals surface area contributed by atoms with Crippen molar-refractivity contribution in [1.82, 2.24) is 19.7 Å². The lowest BCUT2D eigenvalue weighted by Crippen LogP contribution is -2.33. The van der Waals surface area contributed by atoms with Crippen LogP contribution in [0.15, 0.2) is 12.4 Å². The molecule has 0 saturated heterocycles. The first kappa shape index (κ1) is 22.8. The summed E-state index contributed by atoms with van der Waals surface area (Å²) in [5, 5.41) is 15.1. The number of carbonyl (C=O) groups is 1. The Hall–Kier alpha value is -3.45. The molecule has 0 bridgehead atoms. The summed E-state index contributed by atoms with van der Waals surface area (Å²) < 4.78 is 49.6. The quantitative estimate of drug-likeness (QED) is 0.385. The van der Waals surface area contributed by atoms with Crippen molar-refractivity contribution in [2.45, 2.75) is 32.5 Å². The Balaban J connectivity index is 2.35. The highest BCUT2D eigenvalue weighted by molar-refractivity contribution is 5.77. The topological polar surface area (TPSA) is 126 Å². The summed E-state index contributed by atoms with van der Waals surface area (Å²) in [5.41, 5.74) is -2.63. The highest BCUT2D eigenvalue weighted by Gasteiger charge is 2.36. The molecule has 0 unspecified atom stereocenters. The number of anilines is 1. The van der Waals surface area contributed by atoms with Gasteiger partial charge < -0.3 is 14.4 Å². The third-order valence-electron chi connectivity index (χ3n) is 3.45. The number of hydrogen-bond donors (Lipinski definition) is 0. The normalized spacial score (nSPS) is 11.9. The van der Waals surface area contributed by atoms with Crippen LogP contribution >= 0.6 is 0 Å². The number of carbonyl (C=O) groups excluding carboxylic acids is 1. The van der Waals surface area contributed by atoms with Crippen molar-refractivity contribution in [3.8, 4) is 11.8 Å². The van der Waals surface area contributed by atoms with Crippen molar-refractivity contribution >= 4 is 17.5 Å². The van der Waals surface area contributed by atoms with E-state index in [2.05, 4.69) is 15.1 Å². The Morgan fingerprint density at radius 1 is 1.30 bits per heavy atom. The van der Waals surface area contributed by atoms with Gasteiger partial charge in [-0.25, -0.2) is 4.98 Å². The number of likely N-dealkylation sites (N-methyl/N-ethyl adjacent to an activating group) is 1. The lowest BCUT2D eigenvalue weighted by Gasteiger charge is -2.22. The zero-order valence-corrected chi connectivity index (χ0v) is 16.7. The predicted molar refractivity (Wildman–Crippen MR) is 96.1 cm³/mol. The third-order valence-corrected chi connectivity index (χ3v) is 3.45. The monoisotopic (exact) mass is 432 g/mol. The summed E-state index contributed by atoms with van der Waals surface area (Å²) in [6.07, 6.45) is -3.78. The fourth-order valence-electron chi connectivity index (χ4n) is 2.37. The molecule has 2 rings (SSSR count). The summed E-state index contributed by atoms with van der Waals surface area (Å²) in [7, 11) is 2.40. The van der Waals surface area contributed by atoms with Gasteiger partial charge in [0.1, 0.15) is 24.2 Å². The molecule has 0 amide bonds. The molecule has 164 valence electrons. The Labute approximate surface area is 168 Å². The van der Waals surface area contributed by atoms with Crippen LogP contribution in [0, 0.1) is 10.1 Å². The van der Waals surface area contributed by atoms with Crippen LogP contribution in [0.1, 0.15) is 26.5 Å². The highest BCUT2D eigenvalue weighted by Crippen LogP contribution is 2.37. The fraction of sp³-hybridized carbons (Fsp3) is 0.500. The van der Waals surface area contributed by atoms with E-state index in [0.29, 0.717) is 10.7 Å². The smallest absolute Gasteiger partial charge is 0.433 e. The number of rotatable bonds is 6. The van der Waals surface area contributed by atoms with Crippen LogP contribution in [0.2, 0.25) is 0 Å². The fourth-order valence-corrected chi connectivity index (χ4v) is 2.37. The summed E-state index contributed by atoms with van der Waals surface area (Å²) in [6, 6.07) is 0.579. The average molecular weight is 432 g/mol. The molecule has 0 aliphatic rings. The molecule has 0 aliphatic carbocycles. The number of ether oxygens (including phenoxy) is 2. The largest absolute Gasteiger partial charge is 0.459 e. The van der Waals surface area contributed by atoms with Crippen molar-refractivity contribution in [2.75, 3.05) is 18.5 Å². The second-order valence-electron chi connectivity index (χ2n) is 7.14.